The van der Waals surface area contributed by atoms with E-state index in [-0.39, 0.29) is 11.9 Å². The van der Waals surface area contributed by atoms with Crippen LogP contribution in [0.5, 0.6) is 0 Å². The van der Waals surface area contributed by atoms with Gasteiger partial charge in [-0.1, -0.05) is 0 Å². The molecule has 1 aliphatic heterocycles. The van der Waals surface area contributed by atoms with Gasteiger partial charge in [-0.25, -0.2) is 4.98 Å². The number of thiazole rings is 1. The molecular weight excluding hydrogens is 276 g/mol. The minimum Gasteiger partial charge on any atom is -0.333 e. The summed E-state index contributed by atoms with van der Waals surface area (Å²) in [5.74, 6) is 0.154. The van der Waals surface area contributed by atoms with Gasteiger partial charge in [0, 0.05) is 13.5 Å². The number of halogens is 1. The molecule has 1 aliphatic rings. The normalized spacial score (nSPS) is 21.0. The van der Waals surface area contributed by atoms with E-state index in [9.17, 15) is 4.79 Å². The maximum atomic E-state index is 11.4. The van der Waals surface area contributed by atoms with Crippen LogP contribution in [-0.4, -0.2) is 22.3 Å². The van der Waals surface area contributed by atoms with E-state index in [1.165, 1.54) is 0 Å². The maximum absolute atomic E-state index is 11.4. The molecule has 3 nitrogen and oxygen atoms in total. The predicted octanol–water partition coefficient (Wildman–Crippen LogP) is 2.90. The molecule has 82 valence electrons. The molecule has 1 fully saturated rings. The lowest BCUT2D eigenvalue weighted by Gasteiger charge is -2.20. The van der Waals surface area contributed by atoms with Crippen molar-refractivity contribution >= 4 is 33.2 Å². The van der Waals surface area contributed by atoms with Crippen molar-refractivity contribution in [3.63, 3.8) is 0 Å². The van der Waals surface area contributed by atoms with Crippen molar-refractivity contribution < 1.29 is 4.79 Å². The smallest absolute Gasteiger partial charge is 0.220 e. The monoisotopic (exact) mass is 288 g/mol. The first-order chi connectivity index (χ1) is 7.09. The molecule has 1 amide bonds. The van der Waals surface area contributed by atoms with Crippen molar-refractivity contribution in [2.45, 2.75) is 32.7 Å². The van der Waals surface area contributed by atoms with Gasteiger partial charge in [-0.2, -0.15) is 0 Å². The second kappa shape index (κ2) is 4.22. The number of carbonyl (C=O) groups excluding carboxylic acids is 1. The molecule has 0 aliphatic carbocycles. The molecule has 0 radical (unpaired) electrons. The molecule has 1 saturated heterocycles. The molecule has 5 heteroatoms. The minimum atomic E-state index is 0.154. The standard InChI is InChI=1S/C10H13BrN2OS/c1-6-9(11)15-10(12-6)8-4-3-5-13(8)7(2)14/h8H,3-5H2,1-2H3/t8-/m1/s1. The Morgan fingerprint density at radius 2 is 2.40 bits per heavy atom. The number of nitrogens with zero attached hydrogens (tertiary/aromatic N) is 2. The summed E-state index contributed by atoms with van der Waals surface area (Å²) in [6.45, 7) is 4.49. The van der Waals surface area contributed by atoms with Gasteiger partial charge in [0.25, 0.3) is 0 Å². The summed E-state index contributed by atoms with van der Waals surface area (Å²) in [4.78, 5) is 17.8. The van der Waals surface area contributed by atoms with Crippen LogP contribution in [0.3, 0.4) is 0 Å². The Morgan fingerprint density at radius 3 is 2.93 bits per heavy atom. The number of likely N-dealkylation sites (tertiary alicyclic amines) is 1. The SMILES string of the molecule is CC(=O)N1CCC[C@@H]1c1nc(C)c(Br)s1. The average molecular weight is 289 g/mol. The van der Waals surface area contributed by atoms with Crippen molar-refractivity contribution in [3.05, 3.63) is 14.5 Å². The second-order valence-corrected chi connectivity index (χ2v) is 6.13. The zero-order valence-electron chi connectivity index (χ0n) is 8.79. The number of rotatable bonds is 1. The maximum Gasteiger partial charge on any atom is 0.220 e. The molecule has 0 bridgehead atoms. The van der Waals surface area contributed by atoms with Crippen LogP contribution in [0.1, 0.15) is 36.5 Å². The highest BCUT2D eigenvalue weighted by atomic mass is 79.9. The van der Waals surface area contributed by atoms with Gasteiger partial charge in [0.2, 0.25) is 5.91 Å². The number of hydrogen-bond donors (Lipinski definition) is 0. The minimum absolute atomic E-state index is 0.154. The Balaban J connectivity index is 2.26. The zero-order valence-corrected chi connectivity index (χ0v) is 11.2. The van der Waals surface area contributed by atoms with E-state index >= 15 is 0 Å². The van der Waals surface area contributed by atoms with Gasteiger partial charge >= 0.3 is 0 Å². The summed E-state index contributed by atoms with van der Waals surface area (Å²) in [6.07, 6.45) is 2.12. The molecule has 1 atom stereocenters. The number of aromatic nitrogens is 1. The Kier molecular flexibility index (Phi) is 3.11. The fraction of sp³-hybridized carbons (Fsp3) is 0.600. The quantitative estimate of drug-likeness (QED) is 0.796. The first-order valence-electron chi connectivity index (χ1n) is 4.99. The summed E-state index contributed by atoms with van der Waals surface area (Å²) < 4.78 is 1.08. The molecule has 0 N–H and O–H groups in total. The highest BCUT2D eigenvalue weighted by Gasteiger charge is 2.30. The van der Waals surface area contributed by atoms with Crippen LogP contribution in [0.4, 0.5) is 0 Å². The van der Waals surface area contributed by atoms with Gasteiger partial charge in [0.05, 0.1) is 15.5 Å². The third-order valence-corrected chi connectivity index (χ3v) is 4.81. The highest BCUT2D eigenvalue weighted by molar-refractivity contribution is 9.11. The van der Waals surface area contributed by atoms with Gasteiger partial charge in [-0.05, 0) is 35.7 Å². The van der Waals surface area contributed by atoms with Gasteiger partial charge in [-0.3, -0.25) is 4.79 Å². The van der Waals surface area contributed by atoms with Crippen molar-refractivity contribution in [2.24, 2.45) is 0 Å². The molecule has 0 saturated carbocycles. The molecule has 1 aromatic heterocycles. The van der Waals surface area contributed by atoms with Gasteiger partial charge in [0.1, 0.15) is 5.01 Å². The first kappa shape index (κ1) is 11.1. The summed E-state index contributed by atoms with van der Waals surface area (Å²) in [5, 5.41) is 1.06. The van der Waals surface area contributed by atoms with Crippen LogP contribution < -0.4 is 0 Å². The van der Waals surface area contributed by atoms with Crippen LogP contribution >= 0.6 is 27.3 Å². The second-order valence-electron chi connectivity index (χ2n) is 3.78. The number of carbonyl (C=O) groups is 1. The summed E-state index contributed by atoms with van der Waals surface area (Å²) >= 11 is 5.12. The zero-order chi connectivity index (χ0) is 11.0. The van der Waals surface area contributed by atoms with Crippen LogP contribution in [-0.2, 0) is 4.79 Å². The third kappa shape index (κ3) is 2.08. The highest BCUT2D eigenvalue weighted by Crippen LogP contribution is 2.36. The molecular formula is C10H13BrN2OS. The van der Waals surface area contributed by atoms with E-state index in [1.54, 1.807) is 18.3 Å². The fourth-order valence-electron chi connectivity index (χ4n) is 1.94. The number of aryl methyl sites for hydroxylation is 1. The topological polar surface area (TPSA) is 33.2 Å². The number of amides is 1. The van der Waals surface area contributed by atoms with Crippen LogP contribution in [0.2, 0.25) is 0 Å². The van der Waals surface area contributed by atoms with E-state index in [1.807, 2.05) is 11.8 Å². The molecule has 0 unspecified atom stereocenters. The molecule has 15 heavy (non-hydrogen) atoms. The summed E-state index contributed by atoms with van der Waals surface area (Å²) in [7, 11) is 0. The van der Waals surface area contributed by atoms with Crippen molar-refractivity contribution in [1.82, 2.24) is 9.88 Å². The predicted molar refractivity (Wildman–Crippen MR) is 63.9 cm³/mol. The van der Waals surface area contributed by atoms with E-state index < -0.39 is 0 Å². The van der Waals surface area contributed by atoms with Gasteiger partial charge in [0.15, 0.2) is 0 Å². The lowest BCUT2D eigenvalue weighted by molar-refractivity contribution is -0.129. The van der Waals surface area contributed by atoms with Crippen LogP contribution in [0, 0.1) is 6.92 Å². The van der Waals surface area contributed by atoms with E-state index in [0.717, 1.165) is 33.9 Å². The largest absolute Gasteiger partial charge is 0.333 e. The molecule has 0 aromatic carbocycles. The van der Waals surface area contributed by atoms with Gasteiger partial charge in [-0.15, -0.1) is 11.3 Å². The van der Waals surface area contributed by atoms with Crippen molar-refractivity contribution in [1.29, 1.82) is 0 Å². The Bertz CT molecular complexity index is 371. The average Bonchev–Trinajstić information content (AvgIpc) is 2.73. The van der Waals surface area contributed by atoms with Crippen LogP contribution in [0.25, 0.3) is 0 Å². The Hall–Kier alpha value is -0.420. The number of hydrogen-bond acceptors (Lipinski definition) is 3. The first-order valence-corrected chi connectivity index (χ1v) is 6.60. The molecule has 1 aromatic rings. The van der Waals surface area contributed by atoms with Crippen LogP contribution in [0.15, 0.2) is 3.79 Å². The van der Waals surface area contributed by atoms with Crippen molar-refractivity contribution in [3.8, 4) is 0 Å². The molecule has 0 spiro atoms. The Labute approximate surface area is 102 Å². The lowest BCUT2D eigenvalue weighted by atomic mass is 10.2. The van der Waals surface area contributed by atoms with E-state index in [0.29, 0.717) is 0 Å². The van der Waals surface area contributed by atoms with E-state index in [2.05, 4.69) is 20.9 Å². The third-order valence-electron chi connectivity index (χ3n) is 2.70. The molecule has 2 heterocycles. The fourth-order valence-corrected chi connectivity index (χ4v) is 3.47. The summed E-state index contributed by atoms with van der Waals surface area (Å²) in [6, 6.07) is 0.206. The summed E-state index contributed by atoms with van der Waals surface area (Å²) in [5.41, 5.74) is 1.02. The lowest BCUT2D eigenvalue weighted by Crippen LogP contribution is -2.27. The van der Waals surface area contributed by atoms with E-state index in [4.69, 9.17) is 0 Å². The molecule has 2 rings (SSSR count). The van der Waals surface area contributed by atoms with Gasteiger partial charge < -0.3 is 4.90 Å². The van der Waals surface area contributed by atoms with Crippen molar-refractivity contribution in [2.75, 3.05) is 6.54 Å². The Morgan fingerprint density at radius 1 is 1.67 bits per heavy atom.